The van der Waals surface area contributed by atoms with Gasteiger partial charge >= 0.3 is 0 Å². The number of carbonyl (C=O) groups is 1. The maximum Gasteiger partial charge on any atom is 0.224 e. The fourth-order valence-electron chi connectivity index (χ4n) is 2.39. The maximum absolute atomic E-state index is 12.1. The minimum Gasteiger partial charge on any atom is -0.337 e. The van der Waals surface area contributed by atoms with Crippen molar-refractivity contribution in [2.75, 3.05) is 0 Å². The summed E-state index contributed by atoms with van der Waals surface area (Å²) in [4.78, 5) is 14.1. The van der Waals surface area contributed by atoms with E-state index in [-0.39, 0.29) is 5.91 Å². The highest BCUT2D eigenvalue weighted by atomic mass is 16.2. The number of hydrogen-bond donors (Lipinski definition) is 1. The molecule has 1 heterocycles. The molecule has 0 aromatic rings. The van der Waals surface area contributed by atoms with E-state index in [0.29, 0.717) is 18.5 Å². The van der Waals surface area contributed by atoms with Crippen molar-refractivity contribution in [1.29, 1.82) is 0 Å². The zero-order chi connectivity index (χ0) is 11.6. The molecule has 2 atom stereocenters. The Hall–Kier alpha value is -0.570. The lowest BCUT2D eigenvalue weighted by molar-refractivity contribution is -0.138. The summed E-state index contributed by atoms with van der Waals surface area (Å²) in [5.41, 5.74) is 5.49. The molecule has 0 bridgehead atoms. The topological polar surface area (TPSA) is 46.3 Å². The molecule has 0 aromatic heterocycles. The molecule has 88 valence electrons. The number of nitrogens with zero attached hydrogens (tertiary/aromatic N) is 1. The number of nitrogens with two attached hydrogens (primary N) is 1. The number of amides is 1. The number of piperidine rings is 1. The van der Waals surface area contributed by atoms with Gasteiger partial charge in [-0.15, -0.1) is 0 Å². The second kappa shape index (κ2) is 4.52. The number of carbonyl (C=O) groups excluding carboxylic acids is 1. The Labute approximate surface area is 93.0 Å². The summed E-state index contributed by atoms with van der Waals surface area (Å²) in [6.45, 7) is 8.09. The van der Waals surface area contributed by atoms with Crippen LogP contribution in [0.2, 0.25) is 0 Å². The van der Waals surface area contributed by atoms with Gasteiger partial charge in [-0.05, 0) is 47.0 Å². The summed E-state index contributed by atoms with van der Waals surface area (Å²) in [5.74, 6) is 0.210. The van der Waals surface area contributed by atoms with Gasteiger partial charge in [-0.1, -0.05) is 0 Å². The molecule has 1 amide bonds. The fraction of sp³-hybridized carbons (Fsp3) is 0.917. The Morgan fingerprint density at radius 1 is 1.33 bits per heavy atom. The average Bonchev–Trinajstić information content (AvgIpc) is 1.99. The van der Waals surface area contributed by atoms with Gasteiger partial charge in [-0.25, -0.2) is 0 Å². The number of rotatable bonds is 2. The average molecular weight is 212 g/mol. The third-order valence-electron chi connectivity index (χ3n) is 3.09. The summed E-state index contributed by atoms with van der Waals surface area (Å²) < 4.78 is 0. The van der Waals surface area contributed by atoms with Crippen LogP contribution < -0.4 is 5.73 Å². The van der Waals surface area contributed by atoms with Crippen LogP contribution in [0.1, 0.15) is 53.4 Å². The highest BCUT2D eigenvalue weighted by Crippen LogP contribution is 2.24. The second-order valence-electron chi connectivity index (χ2n) is 5.60. The van der Waals surface area contributed by atoms with Crippen molar-refractivity contribution in [1.82, 2.24) is 4.90 Å². The van der Waals surface area contributed by atoms with Gasteiger partial charge in [0.2, 0.25) is 5.91 Å². The van der Waals surface area contributed by atoms with Crippen molar-refractivity contribution < 1.29 is 4.79 Å². The van der Waals surface area contributed by atoms with E-state index in [1.54, 1.807) is 0 Å². The van der Waals surface area contributed by atoms with Gasteiger partial charge in [-0.3, -0.25) is 4.79 Å². The summed E-state index contributed by atoms with van der Waals surface area (Å²) in [6.07, 6.45) is 3.93. The predicted octanol–water partition coefficient (Wildman–Crippen LogP) is 1.90. The lowest BCUT2D eigenvalue weighted by atomic mass is 9.94. The molecule has 0 saturated carbocycles. The van der Waals surface area contributed by atoms with E-state index in [1.165, 1.54) is 6.42 Å². The zero-order valence-corrected chi connectivity index (χ0v) is 10.4. The normalized spacial score (nSPS) is 27.9. The molecular formula is C12H24N2O. The highest BCUT2D eigenvalue weighted by molar-refractivity contribution is 5.78. The Kier molecular flexibility index (Phi) is 3.77. The summed E-state index contributed by atoms with van der Waals surface area (Å²) in [7, 11) is 0. The Morgan fingerprint density at radius 3 is 2.20 bits per heavy atom. The third-order valence-corrected chi connectivity index (χ3v) is 3.09. The molecule has 0 radical (unpaired) electrons. The van der Waals surface area contributed by atoms with Crippen LogP contribution in [0.3, 0.4) is 0 Å². The molecule has 15 heavy (non-hydrogen) atoms. The summed E-state index contributed by atoms with van der Waals surface area (Å²) in [6, 6.07) is 0.757. The maximum atomic E-state index is 12.1. The molecule has 1 saturated heterocycles. The van der Waals surface area contributed by atoms with E-state index in [0.717, 1.165) is 12.8 Å². The molecular weight excluding hydrogens is 188 g/mol. The van der Waals surface area contributed by atoms with E-state index in [1.807, 2.05) is 18.7 Å². The van der Waals surface area contributed by atoms with Crippen LogP contribution in [-0.2, 0) is 4.79 Å². The fourth-order valence-corrected chi connectivity index (χ4v) is 2.39. The molecule has 0 aromatic carbocycles. The van der Waals surface area contributed by atoms with Crippen molar-refractivity contribution >= 4 is 5.91 Å². The molecule has 0 spiro atoms. The summed E-state index contributed by atoms with van der Waals surface area (Å²) in [5, 5.41) is 0. The van der Waals surface area contributed by atoms with Crippen LogP contribution in [0.5, 0.6) is 0 Å². The van der Waals surface area contributed by atoms with E-state index in [4.69, 9.17) is 5.73 Å². The summed E-state index contributed by atoms with van der Waals surface area (Å²) >= 11 is 0. The molecule has 3 heteroatoms. The molecule has 1 fully saturated rings. The van der Waals surface area contributed by atoms with Crippen molar-refractivity contribution in [3.05, 3.63) is 0 Å². The first-order valence-corrected chi connectivity index (χ1v) is 5.91. The molecule has 0 aliphatic carbocycles. The van der Waals surface area contributed by atoms with Crippen LogP contribution >= 0.6 is 0 Å². The highest BCUT2D eigenvalue weighted by Gasteiger charge is 2.30. The lowest BCUT2D eigenvalue weighted by Gasteiger charge is -2.40. The third kappa shape index (κ3) is 3.49. The van der Waals surface area contributed by atoms with Crippen molar-refractivity contribution in [2.45, 2.75) is 71.0 Å². The van der Waals surface area contributed by atoms with Gasteiger partial charge in [0.25, 0.3) is 0 Å². The first-order valence-electron chi connectivity index (χ1n) is 5.91. The van der Waals surface area contributed by atoms with Gasteiger partial charge < -0.3 is 10.6 Å². The minimum absolute atomic E-state index is 0.210. The molecule has 0 unspecified atom stereocenters. The first-order chi connectivity index (χ1) is 6.81. The first kappa shape index (κ1) is 12.5. The molecule has 1 aliphatic rings. The van der Waals surface area contributed by atoms with E-state index in [9.17, 15) is 4.79 Å². The Morgan fingerprint density at radius 2 is 1.80 bits per heavy atom. The van der Waals surface area contributed by atoms with Crippen LogP contribution in [0.4, 0.5) is 0 Å². The SMILES string of the molecule is C[C@@H]1CCC[C@H](C)N1C(=O)CC(C)(C)N. The molecule has 2 N–H and O–H groups in total. The molecule has 1 rings (SSSR count). The van der Waals surface area contributed by atoms with Gasteiger partial charge in [-0.2, -0.15) is 0 Å². The van der Waals surface area contributed by atoms with Crippen molar-refractivity contribution in [3.8, 4) is 0 Å². The predicted molar refractivity (Wildman–Crippen MR) is 62.5 cm³/mol. The van der Waals surface area contributed by atoms with Crippen LogP contribution in [0, 0.1) is 0 Å². The van der Waals surface area contributed by atoms with Crippen molar-refractivity contribution in [3.63, 3.8) is 0 Å². The zero-order valence-electron chi connectivity index (χ0n) is 10.4. The monoisotopic (exact) mass is 212 g/mol. The minimum atomic E-state index is -0.395. The van der Waals surface area contributed by atoms with E-state index in [2.05, 4.69) is 13.8 Å². The van der Waals surface area contributed by atoms with Gasteiger partial charge in [0.1, 0.15) is 0 Å². The van der Waals surface area contributed by atoms with Gasteiger partial charge in [0.05, 0.1) is 0 Å². The number of hydrogen-bond acceptors (Lipinski definition) is 2. The standard InChI is InChI=1S/C12H24N2O/c1-9-6-5-7-10(2)14(9)11(15)8-12(3,4)13/h9-10H,5-8,13H2,1-4H3/t9-,10+. The quantitative estimate of drug-likeness (QED) is 0.760. The Bertz CT molecular complexity index is 222. The van der Waals surface area contributed by atoms with E-state index < -0.39 is 5.54 Å². The van der Waals surface area contributed by atoms with Crippen LogP contribution in [-0.4, -0.2) is 28.4 Å². The lowest BCUT2D eigenvalue weighted by Crippen LogP contribution is -2.50. The molecule has 1 aliphatic heterocycles. The Balaban J connectivity index is 2.64. The van der Waals surface area contributed by atoms with E-state index >= 15 is 0 Å². The van der Waals surface area contributed by atoms with Crippen LogP contribution in [0.15, 0.2) is 0 Å². The largest absolute Gasteiger partial charge is 0.337 e. The molecule has 3 nitrogen and oxygen atoms in total. The smallest absolute Gasteiger partial charge is 0.224 e. The van der Waals surface area contributed by atoms with Crippen molar-refractivity contribution in [2.24, 2.45) is 5.73 Å². The number of likely N-dealkylation sites (tertiary alicyclic amines) is 1. The van der Waals surface area contributed by atoms with Crippen LogP contribution in [0.25, 0.3) is 0 Å². The van der Waals surface area contributed by atoms with Gasteiger partial charge in [0.15, 0.2) is 0 Å². The second-order valence-corrected chi connectivity index (χ2v) is 5.60. The van der Waals surface area contributed by atoms with Gasteiger partial charge in [0, 0.05) is 24.0 Å².